The van der Waals surface area contributed by atoms with Gasteiger partial charge in [-0.2, -0.15) is 5.10 Å². The molecule has 2 aromatic rings. The van der Waals surface area contributed by atoms with Gasteiger partial charge in [0.1, 0.15) is 4.88 Å². The van der Waals surface area contributed by atoms with Crippen molar-refractivity contribution in [3.63, 3.8) is 0 Å². The third-order valence-electron chi connectivity index (χ3n) is 4.43. The Morgan fingerprint density at radius 2 is 1.96 bits per heavy atom. The Bertz CT molecular complexity index is 803. The molecule has 7 heteroatoms. The lowest BCUT2D eigenvalue weighted by Crippen LogP contribution is -2.40. The number of nitrogens with zero attached hydrogens (tertiary/aromatic N) is 4. The van der Waals surface area contributed by atoms with Crippen LogP contribution in [0.15, 0.2) is 16.9 Å². The predicted molar refractivity (Wildman–Crippen MR) is 93.4 cm³/mol. The Balaban J connectivity index is 1.61. The lowest BCUT2D eigenvalue weighted by atomic mass is 9.96. The van der Waals surface area contributed by atoms with E-state index in [1.807, 2.05) is 25.7 Å². The molecule has 3 heterocycles. The van der Waals surface area contributed by atoms with Crippen molar-refractivity contribution in [2.45, 2.75) is 40.2 Å². The molecule has 0 aliphatic carbocycles. The second-order valence-corrected chi connectivity index (χ2v) is 7.58. The lowest BCUT2D eigenvalue weighted by molar-refractivity contribution is 0.0684. The Kier molecular flexibility index (Phi) is 4.80. The van der Waals surface area contributed by atoms with Crippen molar-refractivity contribution >= 4 is 17.2 Å². The van der Waals surface area contributed by atoms with Crippen LogP contribution in [-0.4, -0.2) is 38.7 Å². The van der Waals surface area contributed by atoms with Crippen molar-refractivity contribution in [2.75, 3.05) is 13.1 Å². The third-order valence-corrected chi connectivity index (χ3v) is 5.49. The predicted octanol–water partition coefficient (Wildman–Crippen LogP) is 2.18. The molecule has 0 bridgehead atoms. The van der Waals surface area contributed by atoms with Gasteiger partial charge < -0.3 is 4.90 Å². The molecule has 0 N–H and O–H groups in total. The molecule has 1 aliphatic rings. The van der Waals surface area contributed by atoms with Gasteiger partial charge in [-0.1, -0.05) is 0 Å². The Labute approximate surface area is 145 Å². The van der Waals surface area contributed by atoms with Crippen LogP contribution < -0.4 is 5.56 Å². The molecule has 24 heavy (non-hydrogen) atoms. The standard InChI is InChI=1S/C17H22N4O2S/c1-11-4-5-15(22)21(19-11)10-14-6-8-20(9-7-14)17(23)16-12(2)18-13(3)24-16/h4-5,14H,6-10H2,1-3H3. The van der Waals surface area contributed by atoms with E-state index in [9.17, 15) is 9.59 Å². The SMILES string of the molecule is Cc1ccc(=O)n(CC2CCN(C(=O)c3sc(C)nc3C)CC2)n1. The number of hydrogen-bond acceptors (Lipinski definition) is 5. The number of carbonyl (C=O) groups is 1. The molecular formula is C17H22N4O2S. The number of aromatic nitrogens is 3. The number of carbonyl (C=O) groups excluding carboxylic acids is 1. The molecule has 2 aromatic heterocycles. The zero-order valence-electron chi connectivity index (χ0n) is 14.3. The number of thiazole rings is 1. The summed E-state index contributed by atoms with van der Waals surface area (Å²) in [5.74, 6) is 0.466. The summed E-state index contributed by atoms with van der Waals surface area (Å²) < 4.78 is 1.55. The van der Waals surface area contributed by atoms with E-state index >= 15 is 0 Å². The highest BCUT2D eigenvalue weighted by molar-refractivity contribution is 7.13. The second kappa shape index (κ2) is 6.84. The van der Waals surface area contributed by atoms with Crippen molar-refractivity contribution in [3.8, 4) is 0 Å². The largest absolute Gasteiger partial charge is 0.338 e. The quantitative estimate of drug-likeness (QED) is 0.854. The first-order chi connectivity index (χ1) is 11.4. The first-order valence-corrected chi connectivity index (χ1v) is 9.04. The zero-order valence-corrected chi connectivity index (χ0v) is 15.1. The van der Waals surface area contributed by atoms with E-state index < -0.39 is 0 Å². The molecule has 0 saturated carbocycles. The van der Waals surface area contributed by atoms with Crippen molar-refractivity contribution < 1.29 is 4.79 Å². The number of amides is 1. The molecule has 0 atom stereocenters. The normalized spacial score (nSPS) is 15.7. The fourth-order valence-corrected chi connectivity index (χ4v) is 4.01. The van der Waals surface area contributed by atoms with Crippen molar-refractivity contribution in [2.24, 2.45) is 5.92 Å². The van der Waals surface area contributed by atoms with E-state index in [1.54, 1.807) is 16.8 Å². The Hall–Kier alpha value is -2.02. The van der Waals surface area contributed by atoms with E-state index in [1.165, 1.54) is 11.3 Å². The van der Waals surface area contributed by atoms with Gasteiger partial charge in [0.05, 0.1) is 16.4 Å². The van der Waals surface area contributed by atoms with Crippen LogP contribution in [0.2, 0.25) is 0 Å². The number of rotatable bonds is 3. The van der Waals surface area contributed by atoms with Crippen molar-refractivity contribution in [1.29, 1.82) is 0 Å². The van der Waals surface area contributed by atoms with E-state index in [4.69, 9.17) is 0 Å². The van der Waals surface area contributed by atoms with Gasteiger partial charge in [-0.3, -0.25) is 9.59 Å². The number of piperidine rings is 1. The lowest BCUT2D eigenvalue weighted by Gasteiger charge is -2.31. The molecule has 0 aromatic carbocycles. The summed E-state index contributed by atoms with van der Waals surface area (Å²) in [6.07, 6.45) is 1.79. The van der Waals surface area contributed by atoms with Gasteiger partial charge >= 0.3 is 0 Å². The summed E-state index contributed by atoms with van der Waals surface area (Å²) in [6, 6.07) is 3.30. The molecule has 0 spiro atoms. The first-order valence-electron chi connectivity index (χ1n) is 8.22. The molecule has 6 nitrogen and oxygen atoms in total. The summed E-state index contributed by atoms with van der Waals surface area (Å²) in [5.41, 5.74) is 1.60. The van der Waals surface area contributed by atoms with Gasteiger partial charge in [-0.05, 0) is 45.6 Å². The van der Waals surface area contributed by atoms with Crippen LogP contribution in [0.4, 0.5) is 0 Å². The van der Waals surface area contributed by atoms with Crippen LogP contribution in [0.25, 0.3) is 0 Å². The van der Waals surface area contributed by atoms with Crippen LogP contribution >= 0.6 is 11.3 Å². The van der Waals surface area contributed by atoms with Gasteiger partial charge in [0.15, 0.2) is 0 Å². The molecule has 3 rings (SSSR count). The van der Waals surface area contributed by atoms with Gasteiger partial charge in [0, 0.05) is 25.7 Å². The maximum atomic E-state index is 12.6. The highest BCUT2D eigenvalue weighted by Crippen LogP contribution is 2.24. The summed E-state index contributed by atoms with van der Waals surface area (Å²) >= 11 is 1.47. The molecule has 128 valence electrons. The van der Waals surface area contributed by atoms with E-state index in [0.29, 0.717) is 12.5 Å². The second-order valence-electron chi connectivity index (χ2n) is 6.38. The van der Waals surface area contributed by atoms with Gasteiger partial charge in [0.2, 0.25) is 0 Å². The number of aryl methyl sites for hydroxylation is 3. The maximum absolute atomic E-state index is 12.6. The van der Waals surface area contributed by atoms with Gasteiger partial charge in [0.25, 0.3) is 11.5 Å². The number of likely N-dealkylation sites (tertiary alicyclic amines) is 1. The number of hydrogen-bond donors (Lipinski definition) is 0. The van der Waals surface area contributed by atoms with Crippen LogP contribution in [0, 0.1) is 26.7 Å². The molecule has 1 amide bonds. The maximum Gasteiger partial charge on any atom is 0.266 e. The summed E-state index contributed by atoms with van der Waals surface area (Å²) in [4.78, 5) is 31.5. The average molecular weight is 346 g/mol. The van der Waals surface area contributed by atoms with Crippen LogP contribution in [-0.2, 0) is 6.54 Å². The van der Waals surface area contributed by atoms with Crippen LogP contribution in [0.3, 0.4) is 0 Å². The molecule has 1 aliphatic heterocycles. The summed E-state index contributed by atoms with van der Waals surface area (Å²) in [6.45, 7) is 7.77. The van der Waals surface area contributed by atoms with Crippen LogP contribution in [0.1, 0.15) is 38.9 Å². The third kappa shape index (κ3) is 3.56. The fourth-order valence-electron chi connectivity index (χ4n) is 3.12. The molecular weight excluding hydrogens is 324 g/mol. The average Bonchev–Trinajstić information content (AvgIpc) is 2.89. The van der Waals surface area contributed by atoms with E-state index in [-0.39, 0.29) is 11.5 Å². The monoisotopic (exact) mass is 346 g/mol. The van der Waals surface area contributed by atoms with Gasteiger partial charge in [-0.25, -0.2) is 9.67 Å². The minimum absolute atomic E-state index is 0.0603. The molecule has 0 radical (unpaired) electrons. The Morgan fingerprint density at radius 3 is 2.58 bits per heavy atom. The first kappa shape index (κ1) is 16.8. The minimum atomic E-state index is -0.0603. The molecule has 0 unspecified atom stereocenters. The highest BCUT2D eigenvalue weighted by atomic mass is 32.1. The summed E-state index contributed by atoms with van der Waals surface area (Å²) in [5, 5.41) is 5.23. The fraction of sp³-hybridized carbons (Fsp3) is 0.529. The van der Waals surface area contributed by atoms with E-state index in [0.717, 1.165) is 47.2 Å². The summed E-state index contributed by atoms with van der Waals surface area (Å²) in [7, 11) is 0. The van der Waals surface area contributed by atoms with Crippen molar-refractivity contribution in [3.05, 3.63) is 43.8 Å². The highest BCUT2D eigenvalue weighted by Gasteiger charge is 2.26. The molecule has 1 fully saturated rings. The molecule has 1 saturated heterocycles. The van der Waals surface area contributed by atoms with Crippen LogP contribution in [0.5, 0.6) is 0 Å². The minimum Gasteiger partial charge on any atom is -0.338 e. The van der Waals surface area contributed by atoms with Crippen molar-refractivity contribution in [1.82, 2.24) is 19.7 Å². The Morgan fingerprint density at radius 1 is 1.25 bits per heavy atom. The zero-order chi connectivity index (χ0) is 17.3. The van der Waals surface area contributed by atoms with E-state index in [2.05, 4.69) is 10.1 Å². The smallest absolute Gasteiger partial charge is 0.266 e. The topological polar surface area (TPSA) is 68.1 Å². The van der Waals surface area contributed by atoms with Gasteiger partial charge in [-0.15, -0.1) is 11.3 Å².